The second kappa shape index (κ2) is 9.26. The van der Waals surface area contributed by atoms with Gasteiger partial charge in [-0.2, -0.15) is 0 Å². The van der Waals surface area contributed by atoms with E-state index in [0.717, 1.165) is 5.56 Å². The average Bonchev–Trinajstić information content (AvgIpc) is 3.21. The van der Waals surface area contributed by atoms with E-state index in [1.807, 2.05) is 60.7 Å². The molecule has 1 fully saturated rings. The van der Waals surface area contributed by atoms with Crippen LogP contribution < -0.4 is 25.1 Å². The number of phenolic OH excluding ortho intramolecular Hbond substituents is 1. The Morgan fingerprint density at radius 1 is 1.03 bits per heavy atom. The van der Waals surface area contributed by atoms with E-state index in [1.165, 1.54) is 0 Å². The maximum atomic E-state index is 10.6. The molecule has 1 aliphatic heterocycles. The molecule has 0 radical (unpaired) electrons. The molecule has 3 N–H and O–H groups in total. The fourth-order valence-corrected chi connectivity index (χ4v) is 3.59. The van der Waals surface area contributed by atoms with E-state index < -0.39 is 0 Å². The molecule has 4 rings (SSSR count). The standard InChI is InChI=1S/C23H23ClN2O4/c1-28-20-8-4-5-9-21(20)30-22-13-25-26-23(22)17-11-10-16(12-19(17)27)29-14-15-6-2-3-7-18(15)24/h2-12,22-23,25-27H,13-14H2,1H3. The first kappa shape index (κ1) is 20.3. The van der Waals surface area contributed by atoms with Crippen molar-refractivity contribution in [1.29, 1.82) is 0 Å². The van der Waals surface area contributed by atoms with E-state index in [1.54, 1.807) is 13.2 Å². The lowest BCUT2D eigenvalue weighted by atomic mass is 10.0. The topological polar surface area (TPSA) is 72.0 Å². The molecule has 7 heteroatoms. The lowest BCUT2D eigenvalue weighted by molar-refractivity contribution is 0.187. The summed E-state index contributed by atoms with van der Waals surface area (Å²) in [6.07, 6.45) is -0.234. The summed E-state index contributed by atoms with van der Waals surface area (Å²) in [7, 11) is 1.61. The minimum absolute atomic E-state index is 0.126. The molecule has 0 bridgehead atoms. The van der Waals surface area contributed by atoms with Crippen molar-refractivity contribution in [2.75, 3.05) is 13.7 Å². The number of ether oxygens (including phenoxy) is 3. The molecule has 6 nitrogen and oxygen atoms in total. The van der Waals surface area contributed by atoms with Gasteiger partial charge in [-0.3, -0.25) is 5.43 Å². The van der Waals surface area contributed by atoms with Crippen LogP contribution in [0.4, 0.5) is 0 Å². The fraction of sp³-hybridized carbons (Fsp3) is 0.217. The van der Waals surface area contributed by atoms with E-state index in [-0.39, 0.29) is 17.9 Å². The molecule has 3 aromatic rings. The smallest absolute Gasteiger partial charge is 0.161 e. The Hall–Kier alpha value is -2.93. The number of nitrogens with one attached hydrogen (secondary N) is 2. The molecular weight excluding hydrogens is 404 g/mol. The molecule has 2 unspecified atom stereocenters. The third-order valence-electron chi connectivity index (χ3n) is 4.97. The summed E-state index contributed by atoms with van der Waals surface area (Å²) in [5, 5.41) is 11.3. The van der Waals surface area contributed by atoms with Gasteiger partial charge in [0.25, 0.3) is 0 Å². The van der Waals surface area contributed by atoms with Gasteiger partial charge < -0.3 is 19.3 Å². The predicted molar refractivity (Wildman–Crippen MR) is 115 cm³/mol. The highest BCUT2D eigenvalue weighted by Gasteiger charge is 2.32. The number of halogens is 1. The number of hydrazine groups is 1. The molecule has 1 aliphatic rings. The first-order valence-electron chi connectivity index (χ1n) is 9.63. The molecular formula is C23H23ClN2O4. The Labute approximate surface area is 180 Å². The highest BCUT2D eigenvalue weighted by atomic mass is 35.5. The first-order chi connectivity index (χ1) is 14.7. The van der Waals surface area contributed by atoms with Crippen LogP contribution in [0.15, 0.2) is 66.7 Å². The van der Waals surface area contributed by atoms with Gasteiger partial charge in [0.1, 0.15) is 24.2 Å². The highest BCUT2D eigenvalue weighted by Crippen LogP contribution is 2.35. The minimum Gasteiger partial charge on any atom is -0.507 e. The van der Waals surface area contributed by atoms with Crippen molar-refractivity contribution in [3.63, 3.8) is 0 Å². The van der Waals surface area contributed by atoms with Crippen molar-refractivity contribution in [3.05, 3.63) is 82.9 Å². The van der Waals surface area contributed by atoms with Crippen molar-refractivity contribution in [2.45, 2.75) is 18.8 Å². The molecule has 0 amide bonds. The zero-order valence-electron chi connectivity index (χ0n) is 16.5. The van der Waals surface area contributed by atoms with Crippen LogP contribution in [0.2, 0.25) is 5.02 Å². The molecule has 3 aromatic carbocycles. The van der Waals surface area contributed by atoms with Gasteiger partial charge in [0.15, 0.2) is 11.5 Å². The van der Waals surface area contributed by atoms with E-state index >= 15 is 0 Å². The number of hydrogen-bond acceptors (Lipinski definition) is 6. The van der Waals surface area contributed by atoms with Gasteiger partial charge in [-0.1, -0.05) is 41.9 Å². The van der Waals surface area contributed by atoms with Gasteiger partial charge >= 0.3 is 0 Å². The summed E-state index contributed by atoms with van der Waals surface area (Å²) in [5.41, 5.74) is 7.87. The highest BCUT2D eigenvalue weighted by molar-refractivity contribution is 6.31. The first-order valence-corrected chi connectivity index (χ1v) is 10.0. The average molecular weight is 427 g/mol. The minimum atomic E-state index is -0.243. The number of methoxy groups -OCH3 is 1. The van der Waals surface area contributed by atoms with Crippen LogP contribution >= 0.6 is 11.6 Å². The Morgan fingerprint density at radius 3 is 2.57 bits per heavy atom. The summed E-state index contributed by atoms with van der Waals surface area (Å²) in [6, 6.07) is 20.0. The number of phenols is 1. The fourth-order valence-electron chi connectivity index (χ4n) is 3.40. The quantitative estimate of drug-likeness (QED) is 0.525. The third-order valence-corrected chi connectivity index (χ3v) is 5.34. The maximum Gasteiger partial charge on any atom is 0.161 e. The molecule has 1 saturated heterocycles. The molecule has 0 aliphatic carbocycles. The van der Waals surface area contributed by atoms with Gasteiger partial charge in [-0.05, 0) is 30.3 Å². The lowest BCUT2D eigenvalue weighted by Crippen LogP contribution is -2.28. The van der Waals surface area contributed by atoms with Crippen LogP contribution in [0.1, 0.15) is 17.2 Å². The van der Waals surface area contributed by atoms with Crippen molar-refractivity contribution in [1.82, 2.24) is 10.9 Å². The van der Waals surface area contributed by atoms with Crippen molar-refractivity contribution in [3.8, 4) is 23.0 Å². The largest absolute Gasteiger partial charge is 0.507 e. The normalized spacial score (nSPS) is 18.2. The van der Waals surface area contributed by atoms with Gasteiger partial charge in [0.2, 0.25) is 0 Å². The van der Waals surface area contributed by atoms with Crippen LogP contribution in [0.5, 0.6) is 23.0 Å². The summed E-state index contributed by atoms with van der Waals surface area (Å²) >= 11 is 6.17. The van der Waals surface area contributed by atoms with E-state index in [4.69, 9.17) is 25.8 Å². The molecule has 0 saturated carbocycles. The Morgan fingerprint density at radius 2 is 1.80 bits per heavy atom. The van der Waals surface area contributed by atoms with Crippen molar-refractivity contribution in [2.24, 2.45) is 0 Å². The number of para-hydroxylation sites is 2. The third kappa shape index (κ3) is 4.46. The molecule has 1 heterocycles. The number of benzene rings is 3. The maximum absolute atomic E-state index is 10.6. The summed E-state index contributed by atoms with van der Waals surface area (Å²) < 4.78 is 17.3. The monoisotopic (exact) mass is 426 g/mol. The SMILES string of the molecule is COc1ccccc1OC1CNNC1c1ccc(OCc2ccccc2Cl)cc1O. The van der Waals surface area contributed by atoms with E-state index in [9.17, 15) is 5.11 Å². The molecule has 2 atom stereocenters. The van der Waals surface area contributed by atoms with Crippen LogP contribution in [0.3, 0.4) is 0 Å². The van der Waals surface area contributed by atoms with Crippen LogP contribution in [-0.4, -0.2) is 24.9 Å². The van der Waals surface area contributed by atoms with Gasteiger partial charge in [-0.15, -0.1) is 0 Å². The summed E-state index contributed by atoms with van der Waals surface area (Å²) in [4.78, 5) is 0. The number of aromatic hydroxyl groups is 1. The number of hydrogen-bond donors (Lipinski definition) is 3. The summed E-state index contributed by atoms with van der Waals surface area (Å²) in [6.45, 7) is 0.897. The van der Waals surface area contributed by atoms with E-state index in [0.29, 0.717) is 41.0 Å². The van der Waals surface area contributed by atoms with Crippen LogP contribution in [0, 0.1) is 0 Å². The second-order valence-electron chi connectivity index (χ2n) is 6.91. The van der Waals surface area contributed by atoms with Gasteiger partial charge in [0, 0.05) is 28.8 Å². The molecule has 30 heavy (non-hydrogen) atoms. The predicted octanol–water partition coefficient (Wildman–Crippen LogP) is 4.23. The van der Waals surface area contributed by atoms with Gasteiger partial charge in [0.05, 0.1) is 13.2 Å². The Bertz CT molecular complexity index is 1010. The van der Waals surface area contributed by atoms with Crippen molar-refractivity contribution < 1.29 is 19.3 Å². The van der Waals surface area contributed by atoms with Crippen molar-refractivity contribution >= 4 is 11.6 Å². The Kier molecular flexibility index (Phi) is 6.28. The second-order valence-corrected chi connectivity index (χ2v) is 7.32. The molecule has 156 valence electrons. The van der Waals surface area contributed by atoms with E-state index in [2.05, 4.69) is 10.9 Å². The zero-order chi connectivity index (χ0) is 20.9. The number of rotatable bonds is 7. The Balaban J connectivity index is 1.47. The zero-order valence-corrected chi connectivity index (χ0v) is 17.2. The molecule has 0 aromatic heterocycles. The lowest BCUT2D eigenvalue weighted by Gasteiger charge is -2.22. The molecule has 0 spiro atoms. The van der Waals surface area contributed by atoms with Crippen LogP contribution in [0.25, 0.3) is 0 Å². The van der Waals surface area contributed by atoms with Crippen LogP contribution in [-0.2, 0) is 6.61 Å². The van der Waals surface area contributed by atoms with Gasteiger partial charge in [-0.25, -0.2) is 5.43 Å². The summed E-state index contributed by atoms with van der Waals surface area (Å²) in [5.74, 6) is 2.00.